The Morgan fingerprint density at radius 1 is 1.24 bits per heavy atom. The number of hydrogen-bond acceptors (Lipinski definition) is 6. The molecule has 0 aliphatic rings. The minimum absolute atomic E-state index is 0.0547. The molecule has 0 atom stereocenters. The Balaban J connectivity index is 2.23. The predicted octanol–water partition coefficient (Wildman–Crippen LogP) is 3.24. The maximum Gasteiger partial charge on any atom is 0.323 e. The molecule has 8 heteroatoms. The first-order chi connectivity index (χ1) is 10.1. The van der Waals surface area contributed by atoms with Crippen LogP contribution in [0, 0.1) is 5.82 Å². The molecule has 2 aromatic rings. The van der Waals surface area contributed by atoms with Gasteiger partial charge in [-0.2, -0.15) is 15.0 Å². The van der Waals surface area contributed by atoms with Gasteiger partial charge in [0.25, 0.3) is 0 Å². The van der Waals surface area contributed by atoms with Crippen LogP contribution >= 0.6 is 11.6 Å². The summed E-state index contributed by atoms with van der Waals surface area (Å²) in [4.78, 5) is 12.3. The second-order valence-electron chi connectivity index (χ2n) is 4.12. The molecule has 0 spiro atoms. The number of ether oxygens (including phenoxy) is 1. The van der Waals surface area contributed by atoms with E-state index in [-0.39, 0.29) is 17.0 Å². The summed E-state index contributed by atoms with van der Waals surface area (Å²) in [5.41, 5.74) is 0.478. The zero-order valence-corrected chi connectivity index (χ0v) is 12.4. The Bertz CT molecular complexity index is 626. The van der Waals surface area contributed by atoms with Crippen LogP contribution in [0.5, 0.6) is 6.01 Å². The van der Waals surface area contributed by atoms with Gasteiger partial charge in [-0.05, 0) is 24.6 Å². The quantitative estimate of drug-likeness (QED) is 0.853. The lowest BCUT2D eigenvalue weighted by Crippen LogP contribution is -2.07. The summed E-state index contributed by atoms with van der Waals surface area (Å²) >= 11 is 5.64. The molecule has 0 saturated heterocycles. The average molecular weight is 312 g/mol. The van der Waals surface area contributed by atoms with E-state index in [9.17, 15) is 4.39 Å². The van der Waals surface area contributed by atoms with E-state index in [0.29, 0.717) is 18.2 Å². The minimum Gasteiger partial charge on any atom is -0.463 e. The molecule has 0 unspecified atom stereocenters. The molecule has 6 nitrogen and oxygen atoms in total. The number of anilines is 3. The molecule has 0 bridgehead atoms. The van der Waals surface area contributed by atoms with Gasteiger partial charge in [0.2, 0.25) is 11.9 Å². The number of nitrogens with one attached hydrogen (secondary N) is 2. The fourth-order valence-electron chi connectivity index (χ4n) is 1.49. The number of rotatable bonds is 6. The number of nitrogens with zero attached hydrogens (tertiary/aromatic N) is 3. The number of aromatic nitrogens is 3. The van der Waals surface area contributed by atoms with Crippen molar-refractivity contribution in [3.63, 3.8) is 0 Å². The van der Waals surface area contributed by atoms with Crippen LogP contribution in [0.25, 0.3) is 0 Å². The molecule has 0 aliphatic heterocycles. The molecule has 21 heavy (non-hydrogen) atoms. The highest BCUT2D eigenvalue weighted by Crippen LogP contribution is 2.21. The summed E-state index contributed by atoms with van der Waals surface area (Å²) in [5, 5.41) is 5.75. The van der Waals surface area contributed by atoms with Crippen LogP contribution < -0.4 is 15.4 Å². The normalized spacial score (nSPS) is 10.3. The number of benzene rings is 1. The molecule has 0 amide bonds. The van der Waals surface area contributed by atoms with Crippen molar-refractivity contribution < 1.29 is 9.13 Å². The summed E-state index contributed by atoms with van der Waals surface area (Å²) in [7, 11) is 1.69. The standard InChI is InChI=1S/C13H15ClFN5O/c1-3-6-21-13-19-11(16-2)18-12(20-13)17-8-4-5-9(14)10(15)7-8/h4-5,7H,3,6H2,1-2H3,(H2,16,17,18,19,20). The third kappa shape index (κ3) is 4.16. The van der Waals surface area contributed by atoms with E-state index < -0.39 is 5.82 Å². The van der Waals surface area contributed by atoms with Crippen LogP contribution in [0.3, 0.4) is 0 Å². The largest absolute Gasteiger partial charge is 0.463 e. The third-order valence-corrected chi connectivity index (χ3v) is 2.76. The van der Waals surface area contributed by atoms with Crippen molar-refractivity contribution >= 4 is 29.2 Å². The molecule has 2 N–H and O–H groups in total. The topological polar surface area (TPSA) is 72.0 Å². The molecule has 0 aliphatic carbocycles. The SMILES string of the molecule is CCCOc1nc(NC)nc(Nc2ccc(Cl)c(F)c2)n1. The third-order valence-electron chi connectivity index (χ3n) is 2.45. The van der Waals surface area contributed by atoms with Crippen LogP contribution in [0.1, 0.15) is 13.3 Å². The zero-order chi connectivity index (χ0) is 15.2. The molecule has 0 fully saturated rings. The first kappa shape index (κ1) is 15.2. The van der Waals surface area contributed by atoms with Gasteiger partial charge in [-0.1, -0.05) is 18.5 Å². The Morgan fingerprint density at radius 3 is 2.67 bits per heavy atom. The minimum atomic E-state index is -0.521. The van der Waals surface area contributed by atoms with E-state index in [1.165, 1.54) is 12.1 Å². The first-order valence-corrected chi connectivity index (χ1v) is 6.79. The van der Waals surface area contributed by atoms with E-state index in [1.54, 1.807) is 13.1 Å². The van der Waals surface area contributed by atoms with Gasteiger partial charge >= 0.3 is 6.01 Å². The molecule has 0 saturated carbocycles. The van der Waals surface area contributed by atoms with E-state index in [1.807, 2.05) is 6.92 Å². The number of halogens is 2. The van der Waals surface area contributed by atoms with Crippen LogP contribution in [0.2, 0.25) is 5.02 Å². The predicted molar refractivity (Wildman–Crippen MR) is 79.9 cm³/mol. The second-order valence-corrected chi connectivity index (χ2v) is 4.52. The van der Waals surface area contributed by atoms with Gasteiger partial charge in [0.1, 0.15) is 5.82 Å². The van der Waals surface area contributed by atoms with Gasteiger partial charge in [-0.3, -0.25) is 0 Å². The molecule has 1 heterocycles. The van der Waals surface area contributed by atoms with Crippen molar-refractivity contribution in [1.82, 2.24) is 15.0 Å². The van der Waals surface area contributed by atoms with Crippen molar-refractivity contribution in [2.75, 3.05) is 24.3 Å². The van der Waals surface area contributed by atoms with Gasteiger partial charge < -0.3 is 15.4 Å². The van der Waals surface area contributed by atoms with Gasteiger partial charge in [-0.25, -0.2) is 4.39 Å². The maximum atomic E-state index is 13.4. The summed E-state index contributed by atoms with van der Waals surface area (Å²) in [6, 6.07) is 4.54. The fraction of sp³-hybridized carbons (Fsp3) is 0.308. The van der Waals surface area contributed by atoms with E-state index in [2.05, 4.69) is 25.6 Å². The van der Waals surface area contributed by atoms with Crippen LogP contribution in [-0.4, -0.2) is 28.6 Å². The smallest absolute Gasteiger partial charge is 0.323 e. The summed E-state index contributed by atoms with van der Waals surface area (Å²) in [6.07, 6.45) is 0.839. The first-order valence-electron chi connectivity index (χ1n) is 6.41. The van der Waals surface area contributed by atoms with E-state index in [0.717, 1.165) is 6.42 Å². The lowest BCUT2D eigenvalue weighted by molar-refractivity contribution is 0.292. The van der Waals surface area contributed by atoms with Crippen molar-refractivity contribution in [1.29, 1.82) is 0 Å². The number of hydrogen-bond donors (Lipinski definition) is 2. The van der Waals surface area contributed by atoms with Crippen molar-refractivity contribution in [2.24, 2.45) is 0 Å². The highest BCUT2D eigenvalue weighted by Gasteiger charge is 2.08. The lowest BCUT2D eigenvalue weighted by atomic mass is 10.3. The van der Waals surface area contributed by atoms with E-state index in [4.69, 9.17) is 16.3 Å². The molecule has 1 aromatic carbocycles. The maximum absolute atomic E-state index is 13.4. The van der Waals surface area contributed by atoms with Crippen LogP contribution in [0.15, 0.2) is 18.2 Å². The molecular weight excluding hydrogens is 297 g/mol. The van der Waals surface area contributed by atoms with Gasteiger partial charge in [0.05, 0.1) is 11.6 Å². The van der Waals surface area contributed by atoms with Crippen molar-refractivity contribution in [3.8, 4) is 6.01 Å². The highest BCUT2D eigenvalue weighted by atomic mass is 35.5. The van der Waals surface area contributed by atoms with Crippen molar-refractivity contribution in [2.45, 2.75) is 13.3 Å². The Hall–Kier alpha value is -2.15. The highest BCUT2D eigenvalue weighted by molar-refractivity contribution is 6.30. The molecule has 1 aromatic heterocycles. The average Bonchev–Trinajstić information content (AvgIpc) is 2.48. The van der Waals surface area contributed by atoms with Gasteiger partial charge in [-0.15, -0.1) is 0 Å². The Kier molecular flexibility index (Phi) is 5.10. The summed E-state index contributed by atoms with van der Waals surface area (Å²) in [5.74, 6) is 0.0854. The Morgan fingerprint density at radius 2 is 2.00 bits per heavy atom. The second kappa shape index (κ2) is 7.03. The van der Waals surface area contributed by atoms with Crippen LogP contribution in [-0.2, 0) is 0 Å². The summed E-state index contributed by atoms with van der Waals surface area (Å²) in [6.45, 7) is 2.48. The Labute approximate surface area is 126 Å². The van der Waals surface area contributed by atoms with Crippen LogP contribution in [0.4, 0.5) is 22.0 Å². The van der Waals surface area contributed by atoms with Crippen molar-refractivity contribution in [3.05, 3.63) is 29.0 Å². The molecule has 2 rings (SSSR count). The molecule has 112 valence electrons. The van der Waals surface area contributed by atoms with Gasteiger partial charge in [0.15, 0.2) is 0 Å². The summed E-state index contributed by atoms with van der Waals surface area (Å²) < 4.78 is 18.8. The molecule has 0 radical (unpaired) electrons. The van der Waals surface area contributed by atoms with Gasteiger partial charge in [0, 0.05) is 12.7 Å². The van der Waals surface area contributed by atoms with E-state index >= 15 is 0 Å². The monoisotopic (exact) mass is 311 g/mol. The molecular formula is C13H15ClFN5O. The fourth-order valence-corrected chi connectivity index (χ4v) is 1.60. The zero-order valence-electron chi connectivity index (χ0n) is 11.7. The lowest BCUT2D eigenvalue weighted by Gasteiger charge is -2.09.